The predicted molar refractivity (Wildman–Crippen MR) is 111 cm³/mol. The average molecular weight is 410 g/mol. The Kier molecular flexibility index (Phi) is 8.38. The minimum absolute atomic E-state index is 0. The van der Waals surface area contributed by atoms with Gasteiger partial charge in [0, 0.05) is 30.1 Å². The first-order valence-corrected chi connectivity index (χ1v) is 9.17. The molecule has 0 saturated carbocycles. The zero-order valence-electron chi connectivity index (χ0n) is 15.0. The molecule has 1 saturated heterocycles. The van der Waals surface area contributed by atoms with Crippen molar-refractivity contribution in [2.75, 3.05) is 32.8 Å². The Morgan fingerprint density at radius 2 is 1.85 bits per heavy atom. The SMILES string of the molecule is Cl.N[C@@H]1CN(CC(=O)NCCOc2ccc(Cl)cc2)C[C@H]1c1ccccc1. The second kappa shape index (κ2) is 10.5. The quantitative estimate of drug-likeness (QED) is 0.689. The highest BCUT2D eigenvalue weighted by atomic mass is 35.5. The van der Waals surface area contributed by atoms with Crippen LogP contribution in [0.5, 0.6) is 5.75 Å². The van der Waals surface area contributed by atoms with Gasteiger partial charge in [0.05, 0.1) is 13.1 Å². The number of carbonyl (C=O) groups is 1. The average Bonchev–Trinajstić information content (AvgIpc) is 3.01. The summed E-state index contributed by atoms with van der Waals surface area (Å²) >= 11 is 5.83. The van der Waals surface area contributed by atoms with E-state index in [0.29, 0.717) is 24.7 Å². The lowest BCUT2D eigenvalue weighted by Gasteiger charge is -2.16. The fourth-order valence-electron chi connectivity index (χ4n) is 3.24. The molecule has 1 fully saturated rings. The normalized spacial score (nSPS) is 19.3. The van der Waals surface area contributed by atoms with Crippen molar-refractivity contribution in [2.24, 2.45) is 5.73 Å². The number of carbonyl (C=O) groups excluding carboxylic acids is 1. The first-order chi connectivity index (χ1) is 12.6. The molecule has 0 bridgehead atoms. The van der Waals surface area contributed by atoms with Crippen LogP contribution in [0.25, 0.3) is 0 Å². The number of hydrogen-bond acceptors (Lipinski definition) is 4. The number of rotatable bonds is 7. The molecular formula is C20H25Cl2N3O2. The lowest BCUT2D eigenvalue weighted by atomic mass is 9.95. The monoisotopic (exact) mass is 409 g/mol. The summed E-state index contributed by atoms with van der Waals surface area (Å²) in [5.41, 5.74) is 7.51. The van der Waals surface area contributed by atoms with Crippen LogP contribution in [0.4, 0.5) is 0 Å². The largest absolute Gasteiger partial charge is 0.492 e. The smallest absolute Gasteiger partial charge is 0.234 e. The van der Waals surface area contributed by atoms with Gasteiger partial charge in [-0.2, -0.15) is 0 Å². The van der Waals surface area contributed by atoms with Crippen LogP contribution in [-0.2, 0) is 4.79 Å². The number of nitrogens with zero attached hydrogens (tertiary/aromatic N) is 1. The van der Waals surface area contributed by atoms with E-state index in [0.717, 1.165) is 18.8 Å². The minimum Gasteiger partial charge on any atom is -0.492 e. The molecule has 0 unspecified atom stereocenters. The molecule has 0 radical (unpaired) electrons. The van der Waals surface area contributed by atoms with Crippen LogP contribution >= 0.6 is 24.0 Å². The van der Waals surface area contributed by atoms with Crippen LogP contribution in [0.2, 0.25) is 5.02 Å². The maximum absolute atomic E-state index is 12.1. The van der Waals surface area contributed by atoms with Crippen LogP contribution < -0.4 is 15.8 Å². The number of nitrogens with two attached hydrogens (primary N) is 1. The van der Waals surface area contributed by atoms with Crippen molar-refractivity contribution in [3.05, 3.63) is 65.2 Å². The summed E-state index contributed by atoms with van der Waals surface area (Å²) in [4.78, 5) is 14.2. The Bertz CT molecular complexity index is 713. The van der Waals surface area contributed by atoms with Crippen LogP contribution in [0.15, 0.2) is 54.6 Å². The highest BCUT2D eigenvalue weighted by Crippen LogP contribution is 2.25. The van der Waals surface area contributed by atoms with Gasteiger partial charge in [-0.05, 0) is 29.8 Å². The summed E-state index contributed by atoms with van der Waals surface area (Å²) < 4.78 is 5.57. The van der Waals surface area contributed by atoms with E-state index in [1.165, 1.54) is 5.56 Å². The third kappa shape index (κ3) is 6.40. The fourth-order valence-corrected chi connectivity index (χ4v) is 3.37. The molecule has 5 nitrogen and oxygen atoms in total. The number of benzene rings is 2. The molecule has 0 spiro atoms. The molecule has 1 heterocycles. The van der Waals surface area contributed by atoms with Crippen molar-refractivity contribution >= 4 is 29.9 Å². The van der Waals surface area contributed by atoms with E-state index in [9.17, 15) is 4.79 Å². The molecule has 1 aliphatic heterocycles. The molecule has 2 aromatic carbocycles. The van der Waals surface area contributed by atoms with Crippen LogP contribution in [0, 0.1) is 0 Å². The van der Waals surface area contributed by atoms with Crippen molar-refractivity contribution < 1.29 is 9.53 Å². The Balaban J connectivity index is 0.00000261. The standard InChI is InChI=1S/C20H24ClN3O2.ClH/c21-16-6-8-17(9-7-16)26-11-10-23-20(25)14-24-12-18(19(22)13-24)15-4-2-1-3-5-15;/h1-9,18-19H,10-14,22H2,(H,23,25);1H/t18-,19+;/m0./s1. The minimum atomic E-state index is -0.00869. The number of ether oxygens (including phenoxy) is 1. The van der Waals surface area contributed by atoms with Gasteiger partial charge >= 0.3 is 0 Å². The van der Waals surface area contributed by atoms with E-state index in [2.05, 4.69) is 22.3 Å². The highest BCUT2D eigenvalue weighted by molar-refractivity contribution is 6.30. The van der Waals surface area contributed by atoms with Gasteiger partial charge in [0.2, 0.25) is 5.91 Å². The van der Waals surface area contributed by atoms with E-state index in [-0.39, 0.29) is 30.3 Å². The van der Waals surface area contributed by atoms with E-state index in [1.807, 2.05) is 18.2 Å². The van der Waals surface area contributed by atoms with E-state index < -0.39 is 0 Å². The molecule has 3 N–H and O–H groups in total. The lowest BCUT2D eigenvalue weighted by Crippen LogP contribution is -2.38. The van der Waals surface area contributed by atoms with Crippen molar-refractivity contribution in [3.63, 3.8) is 0 Å². The third-order valence-corrected chi connectivity index (χ3v) is 4.79. The van der Waals surface area contributed by atoms with Gasteiger partial charge in [-0.3, -0.25) is 9.69 Å². The van der Waals surface area contributed by atoms with Gasteiger partial charge in [0.25, 0.3) is 0 Å². The Morgan fingerprint density at radius 3 is 2.56 bits per heavy atom. The summed E-state index contributed by atoms with van der Waals surface area (Å²) in [7, 11) is 0. The van der Waals surface area contributed by atoms with Gasteiger partial charge in [0.1, 0.15) is 12.4 Å². The molecule has 0 aromatic heterocycles. The summed E-state index contributed by atoms with van der Waals surface area (Å²) in [6.45, 7) is 2.77. The number of nitrogens with one attached hydrogen (secondary N) is 1. The second-order valence-corrected chi connectivity index (χ2v) is 6.96. The van der Waals surface area contributed by atoms with Crippen molar-refractivity contribution in [1.29, 1.82) is 0 Å². The summed E-state index contributed by atoms with van der Waals surface area (Å²) in [6.07, 6.45) is 0. The molecule has 2 aromatic rings. The van der Waals surface area contributed by atoms with Gasteiger partial charge in [-0.15, -0.1) is 12.4 Å². The summed E-state index contributed by atoms with van der Waals surface area (Å²) in [5.74, 6) is 1.00. The summed E-state index contributed by atoms with van der Waals surface area (Å²) in [5, 5.41) is 3.56. The van der Waals surface area contributed by atoms with Crippen molar-refractivity contribution in [2.45, 2.75) is 12.0 Å². The van der Waals surface area contributed by atoms with Gasteiger partial charge in [-0.1, -0.05) is 41.9 Å². The molecule has 1 amide bonds. The topological polar surface area (TPSA) is 67.6 Å². The van der Waals surface area contributed by atoms with Crippen LogP contribution in [0.3, 0.4) is 0 Å². The molecular weight excluding hydrogens is 385 g/mol. The number of halogens is 2. The zero-order chi connectivity index (χ0) is 18.4. The van der Waals surface area contributed by atoms with E-state index in [4.69, 9.17) is 22.1 Å². The maximum Gasteiger partial charge on any atom is 0.234 e. The van der Waals surface area contributed by atoms with E-state index >= 15 is 0 Å². The first-order valence-electron chi connectivity index (χ1n) is 8.80. The number of amides is 1. The molecule has 146 valence electrons. The Hall–Kier alpha value is -1.79. The Labute approximate surface area is 171 Å². The van der Waals surface area contributed by atoms with Crippen LogP contribution in [-0.4, -0.2) is 49.6 Å². The highest BCUT2D eigenvalue weighted by Gasteiger charge is 2.31. The van der Waals surface area contributed by atoms with Gasteiger partial charge in [-0.25, -0.2) is 0 Å². The van der Waals surface area contributed by atoms with Crippen molar-refractivity contribution in [3.8, 4) is 5.75 Å². The van der Waals surface area contributed by atoms with E-state index in [1.54, 1.807) is 24.3 Å². The summed E-state index contributed by atoms with van der Waals surface area (Å²) in [6, 6.07) is 17.5. The molecule has 3 rings (SSSR count). The molecule has 1 aliphatic rings. The van der Waals surface area contributed by atoms with Gasteiger partial charge < -0.3 is 15.8 Å². The lowest BCUT2D eigenvalue weighted by molar-refractivity contribution is -0.122. The zero-order valence-corrected chi connectivity index (χ0v) is 16.6. The Morgan fingerprint density at radius 1 is 1.15 bits per heavy atom. The number of hydrogen-bond donors (Lipinski definition) is 2. The van der Waals surface area contributed by atoms with Gasteiger partial charge in [0.15, 0.2) is 0 Å². The fraction of sp³-hybridized carbons (Fsp3) is 0.350. The molecule has 0 aliphatic carbocycles. The molecule has 7 heteroatoms. The maximum atomic E-state index is 12.1. The van der Waals surface area contributed by atoms with Crippen molar-refractivity contribution in [1.82, 2.24) is 10.2 Å². The number of likely N-dealkylation sites (tertiary alicyclic amines) is 1. The predicted octanol–water partition coefficient (Wildman–Crippen LogP) is 2.68. The first kappa shape index (κ1) is 21.5. The van der Waals surface area contributed by atoms with Crippen LogP contribution in [0.1, 0.15) is 11.5 Å². The second-order valence-electron chi connectivity index (χ2n) is 6.53. The molecule has 2 atom stereocenters. The third-order valence-electron chi connectivity index (χ3n) is 4.54. The molecule has 27 heavy (non-hydrogen) atoms.